The first kappa shape index (κ1) is 16.6. The number of methoxy groups -OCH3 is 1. The van der Waals surface area contributed by atoms with Gasteiger partial charge in [-0.1, -0.05) is 6.07 Å². The van der Waals surface area contributed by atoms with Gasteiger partial charge in [0.2, 0.25) is 0 Å². The van der Waals surface area contributed by atoms with Gasteiger partial charge in [-0.25, -0.2) is 4.98 Å². The lowest BCUT2D eigenvalue weighted by molar-refractivity contribution is 0.0234. The van der Waals surface area contributed by atoms with E-state index in [0.717, 1.165) is 5.56 Å². The van der Waals surface area contributed by atoms with Crippen molar-refractivity contribution in [3.63, 3.8) is 0 Å². The average Bonchev–Trinajstić information content (AvgIpc) is 2.96. The van der Waals surface area contributed by atoms with Gasteiger partial charge >= 0.3 is 0 Å². The van der Waals surface area contributed by atoms with Crippen molar-refractivity contribution in [2.45, 2.75) is 31.6 Å². The van der Waals surface area contributed by atoms with Crippen molar-refractivity contribution in [2.75, 3.05) is 7.11 Å². The number of aliphatic hydroxyl groups is 1. The number of aromatic nitrogens is 3. The van der Waals surface area contributed by atoms with Crippen molar-refractivity contribution >= 4 is 5.91 Å². The molecule has 0 radical (unpaired) electrons. The van der Waals surface area contributed by atoms with Crippen LogP contribution in [0.1, 0.15) is 40.6 Å². The Bertz CT molecular complexity index is 709. The molecule has 0 unspecified atom stereocenters. The van der Waals surface area contributed by atoms with Crippen LogP contribution in [0.2, 0.25) is 0 Å². The molecule has 1 aliphatic carbocycles. The van der Waals surface area contributed by atoms with Crippen LogP contribution >= 0.6 is 0 Å². The van der Waals surface area contributed by atoms with E-state index in [0.29, 0.717) is 30.8 Å². The summed E-state index contributed by atoms with van der Waals surface area (Å²) in [4.78, 5) is 16.9. The summed E-state index contributed by atoms with van der Waals surface area (Å²) < 4.78 is 6.77. The van der Waals surface area contributed by atoms with Crippen LogP contribution in [0.15, 0.2) is 30.6 Å². The summed E-state index contributed by atoms with van der Waals surface area (Å²) in [5.74, 6) is -0.0292. The normalized spacial score (nSPS) is 21.1. The van der Waals surface area contributed by atoms with Crippen LogP contribution in [0, 0.1) is 5.92 Å². The minimum atomic E-state index is -0.283. The van der Waals surface area contributed by atoms with Gasteiger partial charge in [0.05, 0.1) is 30.6 Å². The number of nitrogens with one attached hydrogen (secondary N) is 1. The first-order chi connectivity index (χ1) is 11.6. The third-order valence-electron chi connectivity index (χ3n) is 4.32. The third kappa shape index (κ3) is 3.63. The van der Waals surface area contributed by atoms with E-state index in [1.165, 1.54) is 0 Å². The molecular weight excluding hydrogens is 308 g/mol. The quantitative estimate of drug-likeness (QED) is 0.831. The second-order valence-corrected chi connectivity index (χ2v) is 6.23. The monoisotopic (exact) mass is 330 g/mol. The maximum absolute atomic E-state index is 12.6. The summed E-state index contributed by atoms with van der Waals surface area (Å²) in [6.45, 7) is 0.363. The highest BCUT2D eigenvalue weighted by molar-refractivity contribution is 5.92. The molecule has 7 nitrogen and oxygen atoms in total. The van der Waals surface area contributed by atoms with E-state index in [2.05, 4.69) is 15.4 Å². The van der Waals surface area contributed by atoms with Gasteiger partial charge in [0.1, 0.15) is 5.69 Å². The fraction of sp³-hybridized carbons (Fsp3) is 0.471. The number of nitrogens with zero attached hydrogens (tertiary/aromatic N) is 3. The van der Waals surface area contributed by atoms with Crippen molar-refractivity contribution in [1.82, 2.24) is 20.1 Å². The number of aliphatic hydroxyl groups excluding tert-OH is 1. The lowest BCUT2D eigenvalue weighted by Crippen LogP contribution is -2.41. The van der Waals surface area contributed by atoms with Crippen LogP contribution in [-0.4, -0.2) is 39.0 Å². The lowest BCUT2D eigenvalue weighted by Gasteiger charge is -2.37. The highest BCUT2D eigenvalue weighted by Gasteiger charge is 2.36. The Hall–Kier alpha value is -2.25. The average molecular weight is 330 g/mol. The zero-order chi connectivity index (χ0) is 17.1. The molecule has 2 aromatic rings. The molecule has 0 aromatic carbocycles. The van der Waals surface area contributed by atoms with Crippen LogP contribution in [-0.2, 0) is 18.4 Å². The van der Waals surface area contributed by atoms with Crippen LogP contribution in [0.25, 0.3) is 0 Å². The predicted molar refractivity (Wildman–Crippen MR) is 87.1 cm³/mol. The lowest BCUT2D eigenvalue weighted by atomic mass is 9.75. The Morgan fingerprint density at radius 1 is 1.50 bits per heavy atom. The fourth-order valence-electron chi connectivity index (χ4n) is 3.03. The van der Waals surface area contributed by atoms with Gasteiger partial charge in [-0.15, -0.1) is 0 Å². The molecule has 2 aromatic heterocycles. The summed E-state index contributed by atoms with van der Waals surface area (Å²) in [5, 5.41) is 16.8. The molecule has 1 amide bonds. The van der Waals surface area contributed by atoms with Crippen LogP contribution in [0.3, 0.4) is 0 Å². The molecule has 1 fully saturated rings. The highest BCUT2D eigenvalue weighted by atomic mass is 16.5. The number of aryl methyl sites for hydroxylation is 1. The summed E-state index contributed by atoms with van der Waals surface area (Å²) >= 11 is 0. The largest absolute Gasteiger partial charge is 0.393 e. The number of amides is 1. The van der Waals surface area contributed by atoms with E-state index < -0.39 is 0 Å². The zero-order valence-electron chi connectivity index (χ0n) is 13.8. The molecule has 0 saturated heterocycles. The molecule has 1 aliphatic rings. The molecule has 0 aliphatic heterocycles. The molecule has 1 saturated carbocycles. The number of pyridine rings is 1. The van der Waals surface area contributed by atoms with E-state index in [4.69, 9.17) is 4.74 Å². The second kappa shape index (κ2) is 7.11. The van der Waals surface area contributed by atoms with Gasteiger partial charge in [0.25, 0.3) is 5.91 Å². The van der Waals surface area contributed by atoms with Gasteiger partial charge in [-0.3, -0.25) is 9.48 Å². The molecule has 1 atom stereocenters. The molecule has 24 heavy (non-hydrogen) atoms. The number of hydrogen-bond donors (Lipinski definition) is 2. The Morgan fingerprint density at radius 2 is 2.29 bits per heavy atom. The Morgan fingerprint density at radius 3 is 2.92 bits per heavy atom. The maximum atomic E-state index is 12.6. The highest BCUT2D eigenvalue weighted by Crippen LogP contribution is 2.38. The van der Waals surface area contributed by atoms with E-state index in [9.17, 15) is 9.90 Å². The number of hydrogen-bond acceptors (Lipinski definition) is 5. The van der Waals surface area contributed by atoms with Gasteiger partial charge in [-0.05, 0) is 30.9 Å². The molecule has 128 valence electrons. The number of carbonyl (C=O) groups is 1. The summed E-state index contributed by atoms with van der Waals surface area (Å²) in [6, 6.07) is 5.12. The van der Waals surface area contributed by atoms with E-state index >= 15 is 0 Å². The molecular formula is C17H22N4O3. The summed E-state index contributed by atoms with van der Waals surface area (Å²) in [6.07, 6.45) is 4.72. The van der Waals surface area contributed by atoms with Crippen molar-refractivity contribution in [2.24, 2.45) is 13.0 Å². The van der Waals surface area contributed by atoms with Gasteiger partial charge < -0.3 is 15.2 Å². The van der Waals surface area contributed by atoms with Crippen molar-refractivity contribution in [1.29, 1.82) is 0 Å². The molecule has 3 rings (SSSR count). The van der Waals surface area contributed by atoms with Crippen molar-refractivity contribution in [3.05, 3.63) is 47.5 Å². The van der Waals surface area contributed by atoms with Crippen LogP contribution in [0.4, 0.5) is 0 Å². The topological polar surface area (TPSA) is 89.3 Å². The number of rotatable bonds is 6. The van der Waals surface area contributed by atoms with Crippen LogP contribution < -0.4 is 5.32 Å². The maximum Gasteiger partial charge on any atom is 0.270 e. The molecule has 0 spiro atoms. The van der Waals surface area contributed by atoms with E-state index in [-0.39, 0.29) is 24.0 Å². The fourth-order valence-corrected chi connectivity index (χ4v) is 3.03. The Labute approximate surface area is 140 Å². The van der Waals surface area contributed by atoms with E-state index in [1.54, 1.807) is 30.1 Å². The van der Waals surface area contributed by atoms with Gasteiger partial charge in [0, 0.05) is 25.9 Å². The standard InChI is InChI=1S/C17H22N4O3/c1-21-9-12(8-18-21)16(11-6-14(22)7-11)20-17(23)15-5-3-4-13(19-15)10-24-2/h3-5,8-9,11,14,16,22H,6-7,10H2,1-2H3,(H,20,23)/t11?,14?,16-/m1/s1. The Kier molecular flexibility index (Phi) is 4.92. The number of carbonyl (C=O) groups excluding carboxylic acids is 1. The zero-order valence-corrected chi connectivity index (χ0v) is 13.8. The molecule has 0 bridgehead atoms. The van der Waals surface area contributed by atoms with Gasteiger partial charge in [0.15, 0.2) is 0 Å². The smallest absolute Gasteiger partial charge is 0.270 e. The summed E-state index contributed by atoms with van der Waals surface area (Å²) in [5.41, 5.74) is 2.01. The second-order valence-electron chi connectivity index (χ2n) is 6.23. The number of ether oxygens (including phenoxy) is 1. The SMILES string of the molecule is COCc1cccc(C(=O)N[C@@H](c2cnn(C)c2)C2CC(O)C2)n1. The first-order valence-corrected chi connectivity index (χ1v) is 7.99. The first-order valence-electron chi connectivity index (χ1n) is 7.99. The molecule has 7 heteroatoms. The van der Waals surface area contributed by atoms with Gasteiger partial charge in [-0.2, -0.15) is 5.10 Å². The van der Waals surface area contributed by atoms with Crippen molar-refractivity contribution in [3.8, 4) is 0 Å². The third-order valence-corrected chi connectivity index (χ3v) is 4.32. The minimum Gasteiger partial charge on any atom is -0.393 e. The van der Waals surface area contributed by atoms with Crippen LogP contribution in [0.5, 0.6) is 0 Å². The Balaban J connectivity index is 1.77. The minimum absolute atomic E-state index is 0.178. The summed E-state index contributed by atoms with van der Waals surface area (Å²) in [7, 11) is 3.43. The molecule has 2 N–H and O–H groups in total. The van der Waals surface area contributed by atoms with E-state index in [1.807, 2.05) is 19.3 Å². The molecule has 2 heterocycles. The predicted octanol–water partition coefficient (Wildman–Crippen LogP) is 1.20. The van der Waals surface area contributed by atoms with Crippen molar-refractivity contribution < 1.29 is 14.6 Å².